The number of benzene rings is 2. The molecule has 4 aromatic rings. The molecule has 2 aromatic heterocycles. The van der Waals surface area contributed by atoms with Crippen LogP contribution in [-0.4, -0.2) is 25.9 Å². The highest BCUT2D eigenvalue weighted by molar-refractivity contribution is 6.31. The average Bonchev–Trinajstić information content (AvgIpc) is 3.15. The van der Waals surface area contributed by atoms with E-state index in [2.05, 4.69) is 20.6 Å². The Morgan fingerprint density at radius 3 is 2.64 bits per heavy atom. The summed E-state index contributed by atoms with van der Waals surface area (Å²) in [6, 6.07) is 18.6. The Hall–Kier alpha value is -3.42. The number of aromatic nitrogens is 4. The number of para-hydroxylation sites is 1. The zero-order valence-corrected chi connectivity index (χ0v) is 19.1. The molecule has 1 aliphatic rings. The first-order valence-electron chi connectivity index (χ1n) is 10.4. The van der Waals surface area contributed by atoms with E-state index in [0.29, 0.717) is 29.0 Å². The normalized spacial score (nSPS) is 15.1. The highest BCUT2D eigenvalue weighted by Crippen LogP contribution is 2.43. The molecule has 5 rings (SSSR count). The lowest BCUT2D eigenvalue weighted by Crippen LogP contribution is -2.25. The molecule has 0 saturated heterocycles. The predicted molar refractivity (Wildman–Crippen MR) is 126 cm³/mol. The number of nitrogens with zero attached hydrogens (tertiary/aromatic N) is 4. The second-order valence-corrected chi connectivity index (χ2v) is 8.49. The number of amides is 1. The molecule has 0 unspecified atom stereocenters. The van der Waals surface area contributed by atoms with E-state index in [-0.39, 0.29) is 23.4 Å². The van der Waals surface area contributed by atoms with Crippen LogP contribution >= 0.6 is 23.2 Å². The number of halogens is 2. The summed E-state index contributed by atoms with van der Waals surface area (Å²) in [5, 5.41) is 16.5. The van der Waals surface area contributed by atoms with Crippen molar-refractivity contribution < 1.29 is 9.53 Å². The summed E-state index contributed by atoms with van der Waals surface area (Å²) >= 11 is 12.2. The highest BCUT2D eigenvalue weighted by Gasteiger charge is 2.34. The van der Waals surface area contributed by atoms with Gasteiger partial charge in [0.25, 0.3) is 0 Å². The van der Waals surface area contributed by atoms with Crippen LogP contribution in [0.3, 0.4) is 0 Å². The molecule has 1 atom stereocenters. The molecule has 1 aliphatic heterocycles. The van der Waals surface area contributed by atoms with E-state index in [1.807, 2.05) is 55.5 Å². The summed E-state index contributed by atoms with van der Waals surface area (Å²) in [4.78, 5) is 12.7. The molecule has 166 valence electrons. The third-order valence-electron chi connectivity index (χ3n) is 5.57. The van der Waals surface area contributed by atoms with Gasteiger partial charge < -0.3 is 10.1 Å². The number of carbonyl (C=O) groups excluding carboxylic acids is 1. The van der Waals surface area contributed by atoms with Gasteiger partial charge in [-0.15, -0.1) is 10.2 Å². The molecule has 7 nitrogen and oxygen atoms in total. The van der Waals surface area contributed by atoms with E-state index in [1.54, 1.807) is 16.8 Å². The minimum absolute atomic E-state index is 0.114. The van der Waals surface area contributed by atoms with Crippen LogP contribution in [0.5, 0.6) is 5.75 Å². The van der Waals surface area contributed by atoms with Crippen LogP contribution in [0.25, 0.3) is 5.82 Å². The molecular weight excluding hydrogens is 461 g/mol. The average molecular weight is 480 g/mol. The summed E-state index contributed by atoms with van der Waals surface area (Å²) < 4.78 is 7.76. The van der Waals surface area contributed by atoms with Crippen molar-refractivity contribution in [2.45, 2.75) is 25.9 Å². The lowest BCUT2D eigenvalue weighted by atomic mass is 9.85. The van der Waals surface area contributed by atoms with Crippen molar-refractivity contribution in [1.29, 1.82) is 0 Å². The van der Waals surface area contributed by atoms with E-state index in [4.69, 9.17) is 27.9 Å². The van der Waals surface area contributed by atoms with Crippen LogP contribution in [0.1, 0.15) is 34.7 Å². The second kappa shape index (κ2) is 8.84. The lowest BCUT2D eigenvalue weighted by molar-refractivity contribution is -0.116. The van der Waals surface area contributed by atoms with Gasteiger partial charge in [-0.3, -0.25) is 4.79 Å². The SMILES string of the molecule is Cc1nn(-c2ccc(Cl)nn2)c2c1[C@@H](c1ccccc1OCc1ccccc1Cl)CC(=O)N2. The fourth-order valence-corrected chi connectivity index (χ4v) is 4.36. The van der Waals surface area contributed by atoms with Gasteiger partial charge in [0.2, 0.25) is 5.91 Å². The van der Waals surface area contributed by atoms with Gasteiger partial charge in [-0.1, -0.05) is 59.6 Å². The van der Waals surface area contributed by atoms with Crippen LogP contribution in [0.4, 0.5) is 5.82 Å². The maximum atomic E-state index is 12.7. The first kappa shape index (κ1) is 21.4. The van der Waals surface area contributed by atoms with Crippen LogP contribution in [0, 0.1) is 6.92 Å². The third kappa shape index (κ3) is 4.17. The van der Waals surface area contributed by atoms with Crippen molar-refractivity contribution in [3.05, 3.63) is 93.2 Å². The first-order valence-corrected chi connectivity index (χ1v) is 11.1. The number of nitrogens with one attached hydrogen (secondary N) is 1. The quantitative estimate of drug-likeness (QED) is 0.418. The number of hydrogen-bond donors (Lipinski definition) is 1. The minimum atomic E-state index is -0.231. The number of fused-ring (bicyclic) bond motifs is 1. The van der Waals surface area contributed by atoms with Crippen LogP contribution in [-0.2, 0) is 11.4 Å². The van der Waals surface area contributed by atoms with E-state index in [9.17, 15) is 4.79 Å². The van der Waals surface area contributed by atoms with Gasteiger partial charge in [0, 0.05) is 34.1 Å². The van der Waals surface area contributed by atoms with Gasteiger partial charge in [-0.25, -0.2) is 0 Å². The Morgan fingerprint density at radius 2 is 1.85 bits per heavy atom. The van der Waals surface area contributed by atoms with Gasteiger partial charge in [-0.2, -0.15) is 9.78 Å². The number of rotatable bonds is 5. The maximum Gasteiger partial charge on any atom is 0.226 e. The lowest BCUT2D eigenvalue weighted by Gasteiger charge is -2.26. The Labute approximate surface area is 200 Å². The maximum absolute atomic E-state index is 12.7. The molecule has 3 heterocycles. The molecule has 0 spiro atoms. The number of aryl methyl sites for hydroxylation is 1. The zero-order valence-electron chi connectivity index (χ0n) is 17.6. The predicted octanol–water partition coefficient (Wildman–Crippen LogP) is 5.33. The van der Waals surface area contributed by atoms with Crippen LogP contribution < -0.4 is 10.1 Å². The second-order valence-electron chi connectivity index (χ2n) is 7.70. The van der Waals surface area contributed by atoms with Crippen molar-refractivity contribution >= 4 is 34.9 Å². The van der Waals surface area contributed by atoms with E-state index in [0.717, 1.165) is 22.4 Å². The molecule has 33 heavy (non-hydrogen) atoms. The first-order chi connectivity index (χ1) is 16.0. The van der Waals surface area contributed by atoms with Crippen molar-refractivity contribution in [2.24, 2.45) is 0 Å². The van der Waals surface area contributed by atoms with Crippen molar-refractivity contribution in [2.75, 3.05) is 5.32 Å². The van der Waals surface area contributed by atoms with Crippen molar-refractivity contribution in [3.8, 4) is 11.6 Å². The molecule has 0 radical (unpaired) electrons. The Morgan fingerprint density at radius 1 is 1.06 bits per heavy atom. The Kier molecular flexibility index (Phi) is 5.74. The molecule has 0 fully saturated rings. The molecule has 1 amide bonds. The summed E-state index contributed by atoms with van der Waals surface area (Å²) in [7, 11) is 0. The fourth-order valence-electron chi connectivity index (χ4n) is 4.07. The number of carbonyl (C=O) groups is 1. The Bertz CT molecular complexity index is 1340. The molecule has 2 aromatic carbocycles. The Balaban J connectivity index is 1.54. The third-order valence-corrected chi connectivity index (χ3v) is 6.14. The van der Waals surface area contributed by atoms with Crippen LogP contribution in [0.2, 0.25) is 10.2 Å². The molecule has 1 N–H and O–H groups in total. The van der Waals surface area contributed by atoms with Gasteiger partial charge in [-0.05, 0) is 31.2 Å². The standard InChI is InChI=1S/C24H19Cl2N5O2/c1-14-23-17(12-22(32)27-24(23)31(30-14)21-11-10-20(26)28-29-21)16-7-3-5-9-19(16)33-13-15-6-2-4-8-18(15)25/h2-11,17H,12-13H2,1H3,(H,27,32)/t17-/m1/s1. The largest absolute Gasteiger partial charge is 0.489 e. The molecule has 0 saturated carbocycles. The van der Waals surface area contributed by atoms with Crippen molar-refractivity contribution in [1.82, 2.24) is 20.0 Å². The fraction of sp³-hybridized carbons (Fsp3) is 0.167. The molecule has 0 bridgehead atoms. The van der Waals surface area contributed by atoms with Crippen LogP contribution in [0.15, 0.2) is 60.7 Å². The molecule has 9 heteroatoms. The minimum Gasteiger partial charge on any atom is -0.489 e. The number of hydrogen-bond acceptors (Lipinski definition) is 5. The topological polar surface area (TPSA) is 81.9 Å². The van der Waals surface area contributed by atoms with Crippen molar-refractivity contribution in [3.63, 3.8) is 0 Å². The van der Waals surface area contributed by atoms with Gasteiger partial charge in [0.1, 0.15) is 18.2 Å². The van der Waals surface area contributed by atoms with E-state index < -0.39 is 0 Å². The summed E-state index contributed by atoms with van der Waals surface area (Å²) in [6.45, 7) is 2.23. The van der Waals surface area contributed by atoms with Gasteiger partial charge >= 0.3 is 0 Å². The summed E-state index contributed by atoms with van der Waals surface area (Å²) in [5.74, 6) is 1.39. The van der Waals surface area contributed by atoms with E-state index in [1.165, 1.54) is 0 Å². The monoisotopic (exact) mass is 479 g/mol. The summed E-state index contributed by atoms with van der Waals surface area (Å²) in [6.07, 6.45) is 0.276. The molecular formula is C24H19Cl2N5O2. The zero-order chi connectivity index (χ0) is 22.9. The molecule has 0 aliphatic carbocycles. The van der Waals surface area contributed by atoms with Gasteiger partial charge in [0.15, 0.2) is 11.0 Å². The van der Waals surface area contributed by atoms with Gasteiger partial charge in [0.05, 0.1) is 5.69 Å². The number of ether oxygens (including phenoxy) is 1. The highest BCUT2D eigenvalue weighted by atomic mass is 35.5. The summed E-state index contributed by atoms with van der Waals surface area (Å²) in [5.41, 5.74) is 3.50. The smallest absolute Gasteiger partial charge is 0.226 e. The van der Waals surface area contributed by atoms with E-state index >= 15 is 0 Å². The number of anilines is 1.